The van der Waals surface area contributed by atoms with Gasteiger partial charge in [-0.25, -0.2) is 0 Å². The zero-order chi connectivity index (χ0) is 11.5. The number of benzene rings is 1. The van der Waals surface area contributed by atoms with Crippen LogP contribution >= 0.6 is 0 Å². The van der Waals surface area contributed by atoms with Crippen LogP contribution in [0.1, 0.15) is 23.7 Å². The standard InChI is InChI=1S/C13H16O3/c1-9-6-7-16-13(9)12(14)10-4-3-5-11(8-10)15-2/h3-5,8-9,13H,6-7H2,1-2H3. The quantitative estimate of drug-likeness (QED) is 0.733. The summed E-state index contributed by atoms with van der Waals surface area (Å²) in [4.78, 5) is 12.1. The summed E-state index contributed by atoms with van der Waals surface area (Å²) in [6, 6.07) is 7.22. The van der Waals surface area contributed by atoms with E-state index in [1.807, 2.05) is 12.1 Å². The Balaban J connectivity index is 2.19. The van der Waals surface area contributed by atoms with E-state index < -0.39 is 0 Å². The van der Waals surface area contributed by atoms with E-state index in [1.54, 1.807) is 19.2 Å². The van der Waals surface area contributed by atoms with Crippen LogP contribution < -0.4 is 4.74 Å². The van der Waals surface area contributed by atoms with Crippen molar-refractivity contribution in [3.05, 3.63) is 29.8 Å². The Morgan fingerprint density at radius 2 is 2.31 bits per heavy atom. The molecule has 0 N–H and O–H groups in total. The maximum Gasteiger partial charge on any atom is 0.191 e. The third kappa shape index (κ3) is 2.09. The summed E-state index contributed by atoms with van der Waals surface area (Å²) >= 11 is 0. The normalized spacial score (nSPS) is 24.4. The fourth-order valence-corrected chi connectivity index (χ4v) is 1.97. The summed E-state index contributed by atoms with van der Waals surface area (Å²) in [5.74, 6) is 1.07. The second-order valence-corrected chi connectivity index (χ2v) is 4.15. The lowest BCUT2D eigenvalue weighted by Gasteiger charge is -2.13. The van der Waals surface area contributed by atoms with Crippen molar-refractivity contribution in [2.75, 3.05) is 13.7 Å². The molecule has 0 amide bonds. The van der Waals surface area contributed by atoms with Crippen LogP contribution in [-0.2, 0) is 4.74 Å². The van der Waals surface area contributed by atoms with Gasteiger partial charge in [-0.2, -0.15) is 0 Å². The van der Waals surface area contributed by atoms with E-state index in [2.05, 4.69) is 6.92 Å². The first kappa shape index (κ1) is 11.1. The molecule has 86 valence electrons. The van der Waals surface area contributed by atoms with Gasteiger partial charge in [0.25, 0.3) is 0 Å². The number of rotatable bonds is 3. The summed E-state index contributed by atoms with van der Waals surface area (Å²) in [6.07, 6.45) is 0.674. The van der Waals surface area contributed by atoms with E-state index in [1.165, 1.54) is 0 Å². The summed E-state index contributed by atoms with van der Waals surface area (Å²) in [5.41, 5.74) is 0.665. The predicted octanol–water partition coefficient (Wildman–Crippen LogP) is 2.30. The van der Waals surface area contributed by atoms with Crippen LogP contribution in [-0.4, -0.2) is 25.6 Å². The number of hydrogen-bond acceptors (Lipinski definition) is 3. The molecule has 2 rings (SSSR count). The molecule has 0 bridgehead atoms. The highest BCUT2D eigenvalue weighted by molar-refractivity contribution is 6.00. The molecule has 3 heteroatoms. The fraction of sp³-hybridized carbons (Fsp3) is 0.462. The highest BCUT2D eigenvalue weighted by atomic mass is 16.5. The van der Waals surface area contributed by atoms with Crippen LogP contribution in [0.2, 0.25) is 0 Å². The molecule has 3 nitrogen and oxygen atoms in total. The van der Waals surface area contributed by atoms with Crippen LogP contribution in [0, 0.1) is 5.92 Å². The zero-order valence-electron chi connectivity index (χ0n) is 9.60. The van der Waals surface area contributed by atoms with Crippen LogP contribution in [0.5, 0.6) is 5.75 Å². The summed E-state index contributed by atoms with van der Waals surface area (Å²) < 4.78 is 10.6. The average molecular weight is 220 g/mol. The Labute approximate surface area is 95.4 Å². The first-order valence-corrected chi connectivity index (χ1v) is 5.52. The van der Waals surface area contributed by atoms with Gasteiger partial charge in [-0.05, 0) is 24.5 Å². The molecule has 2 unspecified atom stereocenters. The number of carbonyl (C=O) groups is 1. The molecule has 0 aromatic heterocycles. The number of carbonyl (C=O) groups excluding carboxylic acids is 1. The smallest absolute Gasteiger partial charge is 0.191 e. The van der Waals surface area contributed by atoms with E-state index in [0.29, 0.717) is 23.8 Å². The summed E-state index contributed by atoms with van der Waals surface area (Å²) in [6.45, 7) is 2.73. The number of ether oxygens (including phenoxy) is 2. The molecule has 1 aliphatic rings. The van der Waals surface area contributed by atoms with Crippen molar-refractivity contribution in [1.29, 1.82) is 0 Å². The molecule has 0 spiro atoms. The largest absolute Gasteiger partial charge is 0.497 e. The molecule has 1 aromatic carbocycles. The summed E-state index contributed by atoms with van der Waals surface area (Å²) in [5, 5.41) is 0. The van der Waals surface area contributed by atoms with E-state index in [9.17, 15) is 4.79 Å². The van der Waals surface area contributed by atoms with Gasteiger partial charge >= 0.3 is 0 Å². The lowest BCUT2D eigenvalue weighted by molar-refractivity contribution is 0.0579. The van der Waals surface area contributed by atoms with Crippen molar-refractivity contribution in [2.45, 2.75) is 19.4 Å². The van der Waals surface area contributed by atoms with Crippen molar-refractivity contribution in [1.82, 2.24) is 0 Å². The van der Waals surface area contributed by atoms with E-state index >= 15 is 0 Å². The molecule has 1 heterocycles. The van der Waals surface area contributed by atoms with Gasteiger partial charge in [0.2, 0.25) is 0 Å². The third-order valence-corrected chi connectivity index (χ3v) is 3.00. The van der Waals surface area contributed by atoms with E-state index in [4.69, 9.17) is 9.47 Å². The molecule has 1 fully saturated rings. The molecule has 0 aliphatic carbocycles. The Morgan fingerprint density at radius 3 is 2.94 bits per heavy atom. The van der Waals surface area contributed by atoms with Gasteiger partial charge in [0.1, 0.15) is 11.9 Å². The first-order chi connectivity index (χ1) is 7.72. The minimum Gasteiger partial charge on any atom is -0.497 e. The van der Waals surface area contributed by atoms with Gasteiger partial charge in [-0.1, -0.05) is 19.1 Å². The van der Waals surface area contributed by atoms with Crippen molar-refractivity contribution >= 4 is 5.78 Å². The van der Waals surface area contributed by atoms with Gasteiger partial charge < -0.3 is 9.47 Å². The lowest BCUT2D eigenvalue weighted by Crippen LogP contribution is -2.25. The fourth-order valence-electron chi connectivity index (χ4n) is 1.97. The second-order valence-electron chi connectivity index (χ2n) is 4.15. The van der Waals surface area contributed by atoms with E-state index in [-0.39, 0.29) is 11.9 Å². The van der Waals surface area contributed by atoms with Gasteiger partial charge in [0, 0.05) is 12.2 Å². The molecule has 1 aromatic rings. The molecule has 0 saturated carbocycles. The van der Waals surface area contributed by atoms with Crippen molar-refractivity contribution in [2.24, 2.45) is 5.92 Å². The van der Waals surface area contributed by atoms with Crippen LogP contribution in [0.4, 0.5) is 0 Å². The Morgan fingerprint density at radius 1 is 1.50 bits per heavy atom. The van der Waals surface area contributed by atoms with Crippen LogP contribution in [0.15, 0.2) is 24.3 Å². The Kier molecular flexibility index (Phi) is 3.25. The molecule has 2 atom stereocenters. The molecule has 1 aliphatic heterocycles. The van der Waals surface area contributed by atoms with Gasteiger partial charge in [0.05, 0.1) is 7.11 Å². The van der Waals surface area contributed by atoms with Crippen molar-refractivity contribution in [3.8, 4) is 5.75 Å². The topological polar surface area (TPSA) is 35.5 Å². The van der Waals surface area contributed by atoms with Crippen LogP contribution in [0.3, 0.4) is 0 Å². The van der Waals surface area contributed by atoms with E-state index in [0.717, 1.165) is 6.42 Å². The maximum atomic E-state index is 12.1. The number of hydrogen-bond donors (Lipinski definition) is 0. The minimum atomic E-state index is -0.285. The zero-order valence-corrected chi connectivity index (χ0v) is 9.60. The average Bonchev–Trinajstić information content (AvgIpc) is 2.74. The number of methoxy groups -OCH3 is 1. The second kappa shape index (κ2) is 4.66. The monoisotopic (exact) mass is 220 g/mol. The minimum absolute atomic E-state index is 0.0592. The highest BCUT2D eigenvalue weighted by Crippen LogP contribution is 2.24. The van der Waals surface area contributed by atoms with Gasteiger partial charge in [0.15, 0.2) is 5.78 Å². The Bertz CT molecular complexity index is 387. The number of ketones is 1. The third-order valence-electron chi connectivity index (χ3n) is 3.00. The van der Waals surface area contributed by atoms with Gasteiger partial charge in [-0.15, -0.1) is 0 Å². The first-order valence-electron chi connectivity index (χ1n) is 5.52. The van der Waals surface area contributed by atoms with Gasteiger partial charge in [-0.3, -0.25) is 4.79 Å². The maximum absolute atomic E-state index is 12.1. The number of Topliss-reactive ketones (excluding diaryl/α,β-unsaturated/α-hetero) is 1. The predicted molar refractivity (Wildman–Crippen MR) is 60.8 cm³/mol. The molecular formula is C13H16O3. The molecule has 1 saturated heterocycles. The lowest BCUT2D eigenvalue weighted by atomic mass is 9.96. The molecule has 0 radical (unpaired) electrons. The highest BCUT2D eigenvalue weighted by Gasteiger charge is 2.31. The van der Waals surface area contributed by atoms with Crippen molar-refractivity contribution < 1.29 is 14.3 Å². The van der Waals surface area contributed by atoms with Crippen molar-refractivity contribution in [3.63, 3.8) is 0 Å². The Hall–Kier alpha value is -1.35. The SMILES string of the molecule is COc1cccc(C(=O)C2OCCC2C)c1. The van der Waals surface area contributed by atoms with Crippen LogP contribution in [0.25, 0.3) is 0 Å². The molecule has 16 heavy (non-hydrogen) atoms. The molecular weight excluding hydrogens is 204 g/mol. The summed E-state index contributed by atoms with van der Waals surface area (Å²) in [7, 11) is 1.60.